The van der Waals surface area contributed by atoms with Crippen LogP contribution in [0.3, 0.4) is 0 Å². The molecule has 2 aliphatic rings. The SMILES string of the molecule is CC(C)(C)C1CCC2Oc3ccccc3NC2C1. The van der Waals surface area contributed by atoms with E-state index in [1.807, 2.05) is 6.07 Å². The lowest BCUT2D eigenvalue weighted by atomic mass is 9.70. The van der Waals surface area contributed by atoms with E-state index in [4.69, 9.17) is 4.74 Å². The van der Waals surface area contributed by atoms with Crippen molar-refractivity contribution in [2.75, 3.05) is 5.32 Å². The van der Waals surface area contributed by atoms with Crippen molar-refractivity contribution in [3.05, 3.63) is 24.3 Å². The van der Waals surface area contributed by atoms with Gasteiger partial charge in [-0.05, 0) is 42.7 Å². The lowest BCUT2D eigenvalue weighted by molar-refractivity contribution is 0.0700. The largest absolute Gasteiger partial charge is 0.486 e. The number of ether oxygens (including phenoxy) is 1. The molecule has 1 aromatic carbocycles. The zero-order valence-corrected chi connectivity index (χ0v) is 11.6. The Morgan fingerprint density at radius 1 is 1.17 bits per heavy atom. The monoisotopic (exact) mass is 245 g/mol. The van der Waals surface area contributed by atoms with Crippen molar-refractivity contribution >= 4 is 5.69 Å². The molecule has 0 saturated heterocycles. The Morgan fingerprint density at radius 2 is 1.94 bits per heavy atom. The van der Waals surface area contributed by atoms with Gasteiger partial charge in [0.25, 0.3) is 0 Å². The highest BCUT2D eigenvalue weighted by atomic mass is 16.5. The van der Waals surface area contributed by atoms with Crippen molar-refractivity contribution < 1.29 is 4.74 Å². The minimum atomic E-state index is 0.360. The number of hydrogen-bond donors (Lipinski definition) is 1. The summed E-state index contributed by atoms with van der Waals surface area (Å²) in [5, 5.41) is 3.68. The topological polar surface area (TPSA) is 21.3 Å². The lowest BCUT2D eigenvalue weighted by Crippen LogP contribution is -2.47. The van der Waals surface area contributed by atoms with Crippen molar-refractivity contribution in [3.63, 3.8) is 0 Å². The van der Waals surface area contributed by atoms with Gasteiger partial charge in [-0.15, -0.1) is 0 Å². The van der Waals surface area contributed by atoms with Gasteiger partial charge in [0.15, 0.2) is 0 Å². The second-order valence-electron chi connectivity index (χ2n) is 6.78. The Labute approximate surface area is 110 Å². The van der Waals surface area contributed by atoms with Crippen molar-refractivity contribution in [2.24, 2.45) is 11.3 Å². The fourth-order valence-corrected chi connectivity index (χ4v) is 3.27. The van der Waals surface area contributed by atoms with Crippen molar-refractivity contribution in [1.82, 2.24) is 0 Å². The third-order valence-electron chi connectivity index (χ3n) is 4.52. The first kappa shape index (κ1) is 11.9. The molecule has 3 rings (SSSR count). The molecule has 1 saturated carbocycles. The van der Waals surface area contributed by atoms with Gasteiger partial charge in [0.05, 0.1) is 11.7 Å². The Kier molecular flexibility index (Phi) is 2.76. The molecule has 1 N–H and O–H groups in total. The first-order valence-corrected chi connectivity index (χ1v) is 7.06. The highest BCUT2D eigenvalue weighted by Crippen LogP contribution is 2.43. The van der Waals surface area contributed by atoms with Gasteiger partial charge >= 0.3 is 0 Å². The van der Waals surface area contributed by atoms with Gasteiger partial charge in [-0.1, -0.05) is 32.9 Å². The number of nitrogens with one attached hydrogen (secondary N) is 1. The summed E-state index contributed by atoms with van der Waals surface area (Å²) in [6.07, 6.45) is 4.05. The number of anilines is 1. The van der Waals surface area contributed by atoms with Crippen LogP contribution in [0.15, 0.2) is 24.3 Å². The fourth-order valence-electron chi connectivity index (χ4n) is 3.27. The van der Waals surface area contributed by atoms with Crippen LogP contribution in [0.1, 0.15) is 40.0 Å². The van der Waals surface area contributed by atoms with E-state index in [2.05, 4.69) is 44.3 Å². The summed E-state index contributed by atoms with van der Waals surface area (Å²) >= 11 is 0. The maximum absolute atomic E-state index is 6.13. The van der Waals surface area contributed by atoms with Crippen LogP contribution in [0, 0.1) is 11.3 Å². The van der Waals surface area contributed by atoms with E-state index in [0.29, 0.717) is 17.6 Å². The third kappa shape index (κ3) is 2.09. The van der Waals surface area contributed by atoms with Crippen molar-refractivity contribution in [1.29, 1.82) is 0 Å². The summed E-state index contributed by atoms with van der Waals surface area (Å²) in [5.74, 6) is 1.81. The van der Waals surface area contributed by atoms with Crippen LogP contribution < -0.4 is 10.1 Å². The van der Waals surface area contributed by atoms with E-state index in [9.17, 15) is 0 Å². The first-order chi connectivity index (χ1) is 8.54. The quantitative estimate of drug-likeness (QED) is 0.743. The molecule has 0 radical (unpaired) electrons. The Morgan fingerprint density at radius 3 is 2.72 bits per heavy atom. The highest BCUT2D eigenvalue weighted by molar-refractivity contribution is 5.58. The van der Waals surface area contributed by atoms with Crippen LogP contribution >= 0.6 is 0 Å². The molecule has 1 aliphatic heterocycles. The van der Waals surface area contributed by atoms with Gasteiger partial charge in [-0.2, -0.15) is 0 Å². The minimum absolute atomic E-state index is 0.360. The first-order valence-electron chi connectivity index (χ1n) is 7.06. The van der Waals surface area contributed by atoms with Crippen LogP contribution in [0.5, 0.6) is 5.75 Å². The van der Waals surface area contributed by atoms with E-state index in [-0.39, 0.29) is 0 Å². The molecule has 98 valence electrons. The summed E-state index contributed by atoms with van der Waals surface area (Å²) in [4.78, 5) is 0. The number of fused-ring (bicyclic) bond motifs is 2. The molecule has 1 aromatic rings. The summed E-state index contributed by atoms with van der Waals surface area (Å²) in [5.41, 5.74) is 1.57. The summed E-state index contributed by atoms with van der Waals surface area (Å²) in [7, 11) is 0. The summed E-state index contributed by atoms with van der Waals surface area (Å²) in [6.45, 7) is 7.07. The standard InChI is InChI=1S/C16H23NO/c1-16(2,3)11-8-9-15-13(10-11)17-12-6-4-5-7-14(12)18-15/h4-7,11,13,15,17H,8-10H2,1-3H3. The zero-order valence-electron chi connectivity index (χ0n) is 11.6. The molecule has 1 fully saturated rings. The third-order valence-corrected chi connectivity index (χ3v) is 4.52. The van der Waals surface area contributed by atoms with E-state index in [0.717, 1.165) is 17.4 Å². The molecule has 2 heteroatoms. The molecule has 0 spiro atoms. The number of benzene rings is 1. The molecule has 0 aromatic heterocycles. The predicted molar refractivity (Wildman–Crippen MR) is 75.1 cm³/mol. The maximum Gasteiger partial charge on any atom is 0.142 e. The molecule has 18 heavy (non-hydrogen) atoms. The van der Waals surface area contributed by atoms with Gasteiger partial charge in [0.1, 0.15) is 11.9 Å². The Balaban J connectivity index is 1.79. The van der Waals surface area contributed by atoms with E-state index in [1.165, 1.54) is 19.3 Å². The molecular weight excluding hydrogens is 222 g/mol. The predicted octanol–water partition coefficient (Wildman–Crippen LogP) is 4.07. The van der Waals surface area contributed by atoms with Crippen LogP contribution in [0.4, 0.5) is 5.69 Å². The average molecular weight is 245 g/mol. The molecule has 3 atom stereocenters. The molecule has 0 bridgehead atoms. The van der Waals surface area contributed by atoms with E-state index < -0.39 is 0 Å². The van der Waals surface area contributed by atoms with Gasteiger partial charge in [-0.25, -0.2) is 0 Å². The molecule has 2 nitrogen and oxygen atoms in total. The smallest absolute Gasteiger partial charge is 0.142 e. The van der Waals surface area contributed by atoms with Crippen LogP contribution in [0.2, 0.25) is 0 Å². The Bertz CT molecular complexity index is 435. The van der Waals surface area contributed by atoms with Crippen LogP contribution in [-0.2, 0) is 0 Å². The lowest BCUT2D eigenvalue weighted by Gasteiger charge is -2.44. The summed E-state index contributed by atoms with van der Waals surface area (Å²) < 4.78 is 6.13. The number of para-hydroxylation sites is 2. The second-order valence-corrected chi connectivity index (χ2v) is 6.78. The van der Waals surface area contributed by atoms with Gasteiger partial charge < -0.3 is 10.1 Å². The van der Waals surface area contributed by atoms with Crippen molar-refractivity contribution in [2.45, 2.75) is 52.2 Å². The van der Waals surface area contributed by atoms with Gasteiger partial charge in [0.2, 0.25) is 0 Å². The fraction of sp³-hybridized carbons (Fsp3) is 0.625. The molecule has 1 heterocycles. The Hall–Kier alpha value is -1.18. The molecule has 1 aliphatic carbocycles. The van der Waals surface area contributed by atoms with Crippen LogP contribution in [-0.4, -0.2) is 12.1 Å². The number of hydrogen-bond acceptors (Lipinski definition) is 2. The van der Waals surface area contributed by atoms with Crippen molar-refractivity contribution in [3.8, 4) is 5.75 Å². The average Bonchev–Trinajstić information content (AvgIpc) is 2.34. The van der Waals surface area contributed by atoms with Crippen LogP contribution in [0.25, 0.3) is 0 Å². The second kappa shape index (κ2) is 4.18. The molecule has 0 amide bonds. The van der Waals surface area contributed by atoms with E-state index in [1.54, 1.807) is 0 Å². The maximum atomic E-state index is 6.13. The van der Waals surface area contributed by atoms with E-state index >= 15 is 0 Å². The highest BCUT2D eigenvalue weighted by Gasteiger charge is 2.39. The molecule has 3 unspecified atom stereocenters. The van der Waals surface area contributed by atoms with Gasteiger partial charge in [0, 0.05) is 0 Å². The van der Waals surface area contributed by atoms with Gasteiger partial charge in [-0.3, -0.25) is 0 Å². The number of rotatable bonds is 0. The minimum Gasteiger partial charge on any atom is -0.486 e. The summed E-state index contributed by atoms with van der Waals surface area (Å²) in [6, 6.07) is 8.78. The molecular formula is C16H23NO. The zero-order chi connectivity index (χ0) is 12.8. The normalized spacial score (nSPS) is 30.7.